The molecule has 0 aliphatic heterocycles. The molecule has 3 atom stereocenters. The van der Waals surface area contributed by atoms with Gasteiger partial charge in [-0.3, -0.25) is 23.4 Å². The van der Waals surface area contributed by atoms with Gasteiger partial charge in [0.1, 0.15) is 12.6 Å². The van der Waals surface area contributed by atoms with Crippen LogP contribution in [0, 0.1) is 0 Å². The summed E-state index contributed by atoms with van der Waals surface area (Å²) in [5, 5.41) is 17.7. The van der Waals surface area contributed by atoms with Crippen LogP contribution in [-0.4, -0.2) is 71.6 Å². The van der Waals surface area contributed by atoms with Crippen LogP contribution >= 0.6 is 7.82 Å². The van der Waals surface area contributed by atoms with Gasteiger partial charge in [-0.25, -0.2) is 4.57 Å². The van der Waals surface area contributed by atoms with Crippen LogP contribution in [0.1, 0.15) is 174 Å². The molecule has 13 heteroatoms. The maximum atomic E-state index is 12.6. The van der Waals surface area contributed by atoms with Crippen molar-refractivity contribution in [3.05, 3.63) is 60.8 Å². The van der Waals surface area contributed by atoms with E-state index in [9.17, 15) is 23.8 Å². The minimum Gasteiger partial charge on any atom is -0.480 e. The van der Waals surface area contributed by atoms with Gasteiger partial charge in [-0.2, -0.15) is 0 Å². The fraction of sp³-hybridized carbons (Fsp3) is 0.717. The lowest BCUT2D eigenvalue weighted by Gasteiger charge is -2.20. The summed E-state index contributed by atoms with van der Waals surface area (Å²) < 4.78 is 32.6. The number of ether oxygens (including phenoxy) is 2. The first-order chi connectivity index (χ1) is 28.6. The van der Waals surface area contributed by atoms with Gasteiger partial charge in [-0.1, -0.05) is 138 Å². The van der Waals surface area contributed by atoms with E-state index in [1.165, 1.54) is 57.8 Å². The third kappa shape index (κ3) is 41.7. The molecule has 12 nitrogen and oxygen atoms in total. The molecular formula is C46H80NO11P. The molecule has 0 aliphatic rings. The molecule has 1 unspecified atom stereocenters. The number of aliphatic hydroxyl groups is 1. The van der Waals surface area contributed by atoms with Gasteiger partial charge in [0.15, 0.2) is 6.10 Å². The predicted molar refractivity (Wildman–Crippen MR) is 237 cm³/mol. The molecule has 0 amide bonds. The molecular weight excluding hydrogens is 773 g/mol. The Morgan fingerprint density at radius 3 is 1.51 bits per heavy atom. The van der Waals surface area contributed by atoms with E-state index in [2.05, 4.69) is 60.1 Å². The number of unbranched alkanes of at least 4 members (excludes halogenated alkanes) is 17. The van der Waals surface area contributed by atoms with Crippen LogP contribution in [0.3, 0.4) is 0 Å². The molecule has 0 saturated carbocycles. The summed E-state index contributed by atoms with van der Waals surface area (Å²) in [6.07, 6.45) is 45.9. The van der Waals surface area contributed by atoms with E-state index in [1.807, 2.05) is 12.2 Å². The minimum absolute atomic E-state index is 0.133. The molecule has 59 heavy (non-hydrogen) atoms. The number of carboxylic acid groups (broad SMARTS) is 1. The molecule has 0 aromatic heterocycles. The van der Waals surface area contributed by atoms with Crippen LogP contribution in [0.5, 0.6) is 0 Å². The van der Waals surface area contributed by atoms with Crippen molar-refractivity contribution in [2.75, 3.05) is 26.4 Å². The molecule has 0 radical (unpaired) electrons. The van der Waals surface area contributed by atoms with Crippen molar-refractivity contribution >= 4 is 25.7 Å². The Bertz CT molecular complexity index is 1230. The molecule has 5 N–H and O–H groups in total. The number of phosphoric ester groups is 1. The normalized spacial score (nSPS) is 14.2. The quantitative estimate of drug-likeness (QED) is 0.0197. The summed E-state index contributed by atoms with van der Waals surface area (Å²) in [6, 6.07) is -1.54. The SMILES string of the molecule is CCCCCCCC/C=C\CCCCCCCCCC(=O)O[C@H](COC(=O)CCC/C=C\C/C=C\C/C=C\C/C=C\CCCCCO)COP(=O)(O)OC[C@H](N)C(=O)O. The van der Waals surface area contributed by atoms with Gasteiger partial charge < -0.3 is 30.3 Å². The first-order valence-corrected chi connectivity index (χ1v) is 23.9. The maximum absolute atomic E-state index is 12.6. The first kappa shape index (κ1) is 56.1. The smallest absolute Gasteiger partial charge is 0.472 e. The van der Waals surface area contributed by atoms with Crippen molar-refractivity contribution in [3.63, 3.8) is 0 Å². The molecule has 340 valence electrons. The highest BCUT2D eigenvalue weighted by atomic mass is 31.2. The van der Waals surface area contributed by atoms with Crippen LogP contribution in [0.25, 0.3) is 0 Å². The number of aliphatic carboxylic acids is 1. The number of nitrogens with two attached hydrogens (primary N) is 1. The summed E-state index contributed by atoms with van der Waals surface area (Å²) in [5.41, 5.74) is 5.33. The van der Waals surface area contributed by atoms with E-state index < -0.39 is 51.1 Å². The minimum atomic E-state index is -4.74. The third-order valence-electron chi connectivity index (χ3n) is 9.29. The Kier molecular flexibility index (Phi) is 39.8. The summed E-state index contributed by atoms with van der Waals surface area (Å²) in [5.74, 6) is -2.48. The Morgan fingerprint density at radius 1 is 0.559 bits per heavy atom. The molecule has 0 rings (SSSR count). The number of allylic oxidation sites excluding steroid dienone is 10. The van der Waals surface area contributed by atoms with Crippen LogP contribution in [0.4, 0.5) is 0 Å². The van der Waals surface area contributed by atoms with Crippen molar-refractivity contribution in [2.45, 2.75) is 186 Å². The molecule has 0 saturated heterocycles. The number of esters is 2. The van der Waals surface area contributed by atoms with Crippen LogP contribution in [0.2, 0.25) is 0 Å². The summed E-state index contributed by atoms with van der Waals surface area (Å²) in [7, 11) is -4.74. The fourth-order valence-corrected chi connectivity index (χ4v) is 6.51. The third-order valence-corrected chi connectivity index (χ3v) is 10.2. The monoisotopic (exact) mass is 854 g/mol. The highest BCUT2D eigenvalue weighted by molar-refractivity contribution is 7.47. The highest BCUT2D eigenvalue weighted by Gasteiger charge is 2.28. The van der Waals surface area contributed by atoms with Crippen molar-refractivity contribution in [1.29, 1.82) is 0 Å². The number of aliphatic hydroxyl groups excluding tert-OH is 1. The Balaban J connectivity index is 4.44. The van der Waals surface area contributed by atoms with Gasteiger partial charge in [0.2, 0.25) is 0 Å². The van der Waals surface area contributed by atoms with Gasteiger partial charge >= 0.3 is 25.7 Å². The lowest BCUT2D eigenvalue weighted by Crippen LogP contribution is -2.34. The van der Waals surface area contributed by atoms with E-state index >= 15 is 0 Å². The second-order valence-electron chi connectivity index (χ2n) is 14.9. The number of hydrogen-bond acceptors (Lipinski definition) is 10. The largest absolute Gasteiger partial charge is 0.480 e. The van der Waals surface area contributed by atoms with Crippen LogP contribution < -0.4 is 5.73 Å². The van der Waals surface area contributed by atoms with Crippen molar-refractivity contribution in [3.8, 4) is 0 Å². The average Bonchev–Trinajstić information content (AvgIpc) is 3.21. The topological polar surface area (TPSA) is 192 Å². The molecule has 0 aromatic carbocycles. The van der Waals surface area contributed by atoms with Gasteiger partial charge in [0.05, 0.1) is 13.2 Å². The number of phosphoric acid groups is 1. The van der Waals surface area contributed by atoms with E-state index in [0.717, 1.165) is 77.0 Å². The molecule has 0 bridgehead atoms. The van der Waals surface area contributed by atoms with Gasteiger partial charge in [-0.15, -0.1) is 0 Å². The second kappa shape index (κ2) is 41.9. The Hall–Kier alpha value is -2.86. The van der Waals surface area contributed by atoms with E-state index in [1.54, 1.807) is 0 Å². The number of carboxylic acids is 1. The molecule has 0 aromatic rings. The van der Waals surface area contributed by atoms with Crippen LogP contribution in [0.15, 0.2) is 60.8 Å². The first-order valence-electron chi connectivity index (χ1n) is 22.4. The van der Waals surface area contributed by atoms with E-state index in [0.29, 0.717) is 19.3 Å². The van der Waals surface area contributed by atoms with Gasteiger partial charge in [0, 0.05) is 19.4 Å². The Morgan fingerprint density at radius 2 is 0.983 bits per heavy atom. The zero-order chi connectivity index (χ0) is 43.5. The van der Waals surface area contributed by atoms with Crippen molar-refractivity contribution in [2.24, 2.45) is 5.73 Å². The van der Waals surface area contributed by atoms with E-state index in [4.69, 9.17) is 29.9 Å². The van der Waals surface area contributed by atoms with Crippen molar-refractivity contribution in [1.82, 2.24) is 0 Å². The molecule has 0 spiro atoms. The Labute approximate surface area is 356 Å². The standard InChI is InChI=1S/C46H80NO11P/c1-2-3-4-5-6-7-8-9-10-12-16-19-22-25-28-31-34-37-45(50)58-42(40-56-59(53,54)57-41-43(47)46(51)52)39-55-44(49)36-33-30-27-24-21-18-15-13-11-14-17-20-23-26-29-32-35-38-48/h9-11,14-15,18,20,23-24,27,42-43,48H,2-8,12-13,16-17,19,21-22,25-26,28-41,47H2,1H3,(H,51,52)(H,53,54)/b10-9-,14-11-,18-15-,23-20-,27-24-/t42-,43+/m1/s1. The molecule has 0 aliphatic carbocycles. The maximum Gasteiger partial charge on any atom is 0.472 e. The molecule has 0 heterocycles. The number of carbonyl (C=O) groups is 3. The fourth-order valence-electron chi connectivity index (χ4n) is 5.74. The summed E-state index contributed by atoms with van der Waals surface area (Å²) in [6.45, 7) is 0.742. The number of carbonyl (C=O) groups excluding carboxylic acids is 2. The van der Waals surface area contributed by atoms with E-state index in [-0.39, 0.29) is 26.1 Å². The van der Waals surface area contributed by atoms with Crippen LogP contribution in [-0.2, 0) is 37.5 Å². The zero-order valence-corrected chi connectivity index (χ0v) is 37.2. The lowest BCUT2D eigenvalue weighted by molar-refractivity contribution is -0.161. The zero-order valence-electron chi connectivity index (χ0n) is 36.3. The average molecular weight is 854 g/mol. The lowest BCUT2D eigenvalue weighted by atomic mass is 10.1. The summed E-state index contributed by atoms with van der Waals surface area (Å²) in [4.78, 5) is 46.0. The highest BCUT2D eigenvalue weighted by Crippen LogP contribution is 2.43. The predicted octanol–water partition coefficient (Wildman–Crippen LogP) is 10.9. The molecule has 0 fully saturated rings. The van der Waals surface area contributed by atoms with Crippen molar-refractivity contribution < 1.29 is 52.6 Å². The second-order valence-corrected chi connectivity index (χ2v) is 16.4. The van der Waals surface area contributed by atoms with Gasteiger partial charge in [-0.05, 0) is 83.5 Å². The van der Waals surface area contributed by atoms with Gasteiger partial charge in [0.25, 0.3) is 0 Å². The summed E-state index contributed by atoms with van der Waals surface area (Å²) >= 11 is 0. The number of rotatable bonds is 42. The number of hydrogen-bond donors (Lipinski definition) is 4.